The summed E-state index contributed by atoms with van der Waals surface area (Å²) in [5.74, 6) is -11.4. The van der Waals surface area contributed by atoms with Crippen molar-refractivity contribution in [2.24, 2.45) is 11.7 Å². The third-order valence-electron chi connectivity index (χ3n) is 9.27. The van der Waals surface area contributed by atoms with Crippen molar-refractivity contribution in [3.63, 3.8) is 0 Å². The van der Waals surface area contributed by atoms with Crippen LogP contribution in [0, 0.1) is 5.92 Å². The molecule has 0 bridgehead atoms. The summed E-state index contributed by atoms with van der Waals surface area (Å²) in [6.07, 6.45) is -2.02. The van der Waals surface area contributed by atoms with E-state index >= 15 is 0 Å². The largest absolute Gasteiger partial charge is 0.481 e. The van der Waals surface area contributed by atoms with Gasteiger partial charge in [-0.05, 0) is 37.2 Å². The number of aliphatic carboxylic acids is 4. The van der Waals surface area contributed by atoms with Gasteiger partial charge in [0.25, 0.3) is 0 Å². The number of carboxylic acid groups (broad SMARTS) is 4. The minimum Gasteiger partial charge on any atom is -0.481 e. The molecule has 1 aromatic rings. The standard InChI is InChI=1S/C36H51N7O14/c1-3-19(2)30(42-33(53)23(12-14-28(47)48)39-31(51)21(37)17-29(49)50)35(55)40-22(11-13-27(45)46)32(52)38-18-26(44)43-15-7-10-25(43)34(54)41-24(36(56)57)16-20-8-5-4-6-9-20/h4-6,8-9,19,21-25,30H,3,7,10-18,37H2,1-2H3,(H,38,52)(H,39,51)(H,40,55)(H,41,54)(H,42,53)(H,45,46)(H,47,48)(H,49,50)(H,56,57)/t19-,21-,22-,23-,24-,25-,30-/m0/s1. The van der Waals surface area contributed by atoms with Crippen molar-refractivity contribution >= 4 is 59.3 Å². The third kappa shape index (κ3) is 15.9. The van der Waals surface area contributed by atoms with Crippen molar-refractivity contribution < 1.29 is 68.4 Å². The fourth-order valence-corrected chi connectivity index (χ4v) is 5.89. The molecule has 314 valence electrons. The van der Waals surface area contributed by atoms with Crippen molar-refractivity contribution in [3.05, 3.63) is 35.9 Å². The molecule has 1 saturated heterocycles. The molecule has 21 nitrogen and oxygen atoms in total. The molecule has 0 radical (unpaired) electrons. The maximum absolute atomic E-state index is 13.6. The van der Waals surface area contributed by atoms with Gasteiger partial charge in [-0.15, -0.1) is 0 Å². The Bertz CT molecular complexity index is 1640. The molecule has 1 heterocycles. The number of nitrogens with one attached hydrogen (secondary N) is 5. The van der Waals surface area contributed by atoms with E-state index in [1.54, 1.807) is 44.2 Å². The Morgan fingerprint density at radius 3 is 1.88 bits per heavy atom. The molecular formula is C36H51N7O14. The number of carbonyl (C=O) groups excluding carboxylic acids is 6. The Kier molecular flexibility index (Phi) is 19.0. The lowest BCUT2D eigenvalue weighted by Crippen LogP contribution is -2.59. The summed E-state index contributed by atoms with van der Waals surface area (Å²) in [6, 6.07) is 0.174. The maximum Gasteiger partial charge on any atom is 0.326 e. The molecule has 1 aromatic carbocycles. The van der Waals surface area contributed by atoms with E-state index in [1.165, 1.54) is 4.90 Å². The zero-order chi connectivity index (χ0) is 42.8. The minimum atomic E-state index is -1.58. The first-order valence-electron chi connectivity index (χ1n) is 18.3. The average Bonchev–Trinajstić information content (AvgIpc) is 3.65. The van der Waals surface area contributed by atoms with E-state index in [0.29, 0.717) is 12.0 Å². The van der Waals surface area contributed by atoms with Crippen LogP contribution in [0.4, 0.5) is 0 Å². The van der Waals surface area contributed by atoms with Crippen LogP contribution in [0.25, 0.3) is 0 Å². The Morgan fingerprint density at radius 2 is 1.33 bits per heavy atom. The molecule has 1 aliphatic rings. The molecule has 1 aliphatic heterocycles. The summed E-state index contributed by atoms with van der Waals surface area (Å²) in [4.78, 5) is 126. The average molecular weight is 806 g/mol. The second-order valence-electron chi connectivity index (χ2n) is 13.6. The summed E-state index contributed by atoms with van der Waals surface area (Å²) in [6.45, 7) is 2.68. The van der Waals surface area contributed by atoms with Crippen LogP contribution >= 0.6 is 0 Å². The molecule has 21 heteroatoms. The highest BCUT2D eigenvalue weighted by atomic mass is 16.4. The number of rotatable bonds is 24. The van der Waals surface area contributed by atoms with Gasteiger partial charge in [-0.2, -0.15) is 0 Å². The SMILES string of the molecule is CC[C@H](C)[C@H](NC(=O)[C@H](CCC(=O)O)NC(=O)[C@@H](N)CC(=O)O)C(=O)N[C@@H](CCC(=O)O)C(=O)NCC(=O)N1CCC[C@H]1C(=O)N[C@@H](Cc1ccccc1)C(=O)O. The molecule has 11 N–H and O–H groups in total. The van der Waals surface area contributed by atoms with Crippen LogP contribution in [0.1, 0.15) is 70.8 Å². The van der Waals surface area contributed by atoms with Crippen molar-refractivity contribution in [2.75, 3.05) is 13.1 Å². The van der Waals surface area contributed by atoms with Gasteiger partial charge in [-0.1, -0.05) is 50.6 Å². The molecule has 0 unspecified atom stereocenters. The number of hydrogen-bond donors (Lipinski definition) is 10. The van der Waals surface area contributed by atoms with E-state index in [2.05, 4.69) is 26.6 Å². The zero-order valence-corrected chi connectivity index (χ0v) is 31.6. The van der Waals surface area contributed by atoms with Crippen molar-refractivity contribution in [1.82, 2.24) is 31.5 Å². The molecule has 0 spiro atoms. The van der Waals surface area contributed by atoms with Crippen molar-refractivity contribution in [2.45, 2.75) is 108 Å². The predicted molar refractivity (Wildman–Crippen MR) is 197 cm³/mol. The summed E-state index contributed by atoms with van der Waals surface area (Å²) < 4.78 is 0. The summed E-state index contributed by atoms with van der Waals surface area (Å²) in [7, 11) is 0. The van der Waals surface area contributed by atoms with Gasteiger partial charge in [-0.3, -0.25) is 43.2 Å². The summed E-state index contributed by atoms with van der Waals surface area (Å²) >= 11 is 0. The van der Waals surface area contributed by atoms with Crippen LogP contribution in [0.15, 0.2) is 30.3 Å². The zero-order valence-electron chi connectivity index (χ0n) is 31.6. The van der Waals surface area contributed by atoms with Crippen molar-refractivity contribution in [1.29, 1.82) is 0 Å². The second-order valence-corrected chi connectivity index (χ2v) is 13.6. The van der Waals surface area contributed by atoms with Gasteiger partial charge < -0.3 is 57.6 Å². The lowest BCUT2D eigenvalue weighted by molar-refractivity contribution is -0.144. The Morgan fingerprint density at radius 1 is 0.754 bits per heavy atom. The van der Waals surface area contributed by atoms with Gasteiger partial charge in [0, 0.05) is 25.8 Å². The van der Waals surface area contributed by atoms with Crippen molar-refractivity contribution in [3.8, 4) is 0 Å². The van der Waals surface area contributed by atoms with Crippen LogP contribution in [0.2, 0.25) is 0 Å². The van der Waals surface area contributed by atoms with E-state index in [1.807, 2.05) is 0 Å². The number of nitrogens with two attached hydrogens (primary N) is 1. The fourth-order valence-electron chi connectivity index (χ4n) is 5.89. The number of amides is 6. The predicted octanol–water partition coefficient (Wildman–Crippen LogP) is -2.06. The molecular weight excluding hydrogens is 754 g/mol. The number of likely N-dealkylation sites (tertiary alicyclic amines) is 1. The normalized spacial score (nSPS) is 16.7. The first-order chi connectivity index (χ1) is 26.8. The molecule has 6 amide bonds. The molecule has 1 fully saturated rings. The fraction of sp³-hybridized carbons (Fsp3) is 0.556. The van der Waals surface area contributed by atoms with E-state index < -0.39 is 140 Å². The number of benzene rings is 1. The monoisotopic (exact) mass is 805 g/mol. The van der Waals surface area contributed by atoms with E-state index in [-0.39, 0.29) is 25.8 Å². The van der Waals surface area contributed by atoms with Crippen LogP contribution in [-0.4, -0.2) is 134 Å². The van der Waals surface area contributed by atoms with Gasteiger partial charge in [0.15, 0.2) is 0 Å². The Labute approximate surface area is 327 Å². The molecule has 0 saturated carbocycles. The van der Waals surface area contributed by atoms with Gasteiger partial charge in [0.05, 0.1) is 19.0 Å². The number of hydrogen-bond acceptors (Lipinski definition) is 11. The number of nitrogens with zero attached hydrogens (tertiary/aromatic N) is 1. The smallest absolute Gasteiger partial charge is 0.326 e. The lowest BCUT2D eigenvalue weighted by atomic mass is 9.96. The van der Waals surface area contributed by atoms with Crippen LogP contribution in [0.3, 0.4) is 0 Å². The molecule has 57 heavy (non-hydrogen) atoms. The van der Waals surface area contributed by atoms with E-state index in [0.717, 1.165) is 0 Å². The molecule has 2 rings (SSSR count). The minimum absolute atomic E-state index is 0.00513. The molecule has 7 atom stereocenters. The first-order valence-corrected chi connectivity index (χ1v) is 18.3. The van der Waals surface area contributed by atoms with Crippen LogP contribution in [-0.2, 0) is 54.4 Å². The Hall–Kier alpha value is -6.12. The highest BCUT2D eigenvalue weighted by molar-refractivity contribution is 5.97. The number of carbonyl (C=O) groups is 10. The quantitative estimate of drug-likeness (QED) is 0.0537. The van der Waals surface area contributed by atoms with Gasteiger partial charge in [0.2, 0.25) is 35.4 Å². The Balaban J connectivity index is 2.17. The van der Waals surface area contributed by atoms with E-state index in [9.17, 15) is 58.2 Å². The topological polar surface area (TPSA) is 341 Å². The van der Waals surface area contributed by atoms with Crippen LogP contribution in [0.5, 0.6) is 0 Å². The van der Waals surface area contributed by atoms with Gasteiger partial charge in [-0.25, -0.2) is 4.79 Å². The highest BCUT2D eigenvalue weighted by Gasteiger charge is 2.37. The van der Waals surface area contributed by atoms with E-state index in [4.69, 9.17) is 15.9 Å². The third-order valence-corrected chi connectivity index (χ3v) is 9.27. The van der Waals surface area contributed by atoms with Gasteiger partial charge >= 0.3 is 23.9 Å². The van der Waals surface area contributed by atoms with Gasteiger partial charge in [0.1, 0.15) is 30.2 Å². The number of carboxylic acids is 4. The highest BCUT2D eigenvalue weighted by Crippen LogP contribution is 2.18. The lowest BCUT2D eigenvalue weighted by Gasteiger charge is -2.29. The van der Waals surface area contributed by atoms with Crippen LogP contribution < -0.4 is 32.3 Å². The second kappa shape index (κ2) is 23.1. The first kappa shape index (κ1) is 47.0. The summed E-state index contributed by atoms with van der Waals surface area (Å²) in [5.41, 5.74) is 6.24. The molecule has 0 aromatic heterocycles. The molecule has 0 aliphatic carbocycles. The maximum atomic E-state index is 13.6. The summed E-state index contributed by atoms with van der Waals surface area (Å²) in [5, 5.41) is 49.0.